The van der Waals surface area contributed by atoms with Crippen LogP contribution in [0.1, 0.15) is 38.2 Å². The van der Waals surface area contributed by atoms with Gasteiger partial charge in [-0.2, -0.15) is 0 Å². The zero-order valence-corrected chi connectivity index (χ0v) is 16.0. The van der Waals surface area contributed by atoms with Crippen LogP contribution in [-0.4, -0.2) is 30.6 Å². The highest BCUT2D eigenvalue weighted by molar-refractivity contribution is 9.10. The van der Waals surface area contributed by atoms with Crippen molar-refractivity contribution < 1.29 is 19.1 Å². The zero-order valence-electron chi connectivity index (χ0n) is 14.4. The Kier molecular flexibility index (Phi) is 8.98. The fraction of sp³-hybridized carbons (Fsp3) is 0.471. The highest BCUT2D eigenvalue weighted by atomic mass is 79.9. The molecule has 1 rings (SSSR count). The molecule has 3 amide bonds. The minimum absolute atomic E-state index is 0.225. The topological polar surface area (TPSA) is 111 Å². The second kappa shape index (κ2) is 10.7. The van der Waals surface area contributed by atoms with Crippen molar-refractivity contribution in [1.82, 2.24) is 5.32 Å². The summed E-state index contributed by atoms with van der Waals surface area (Å²) in [6, 6.07) is 5.00. The van der Waals surface area contributed by atoms with Crippen LogP contribution >= 0.6 is 15.9 Å². The van der Waals surface area contributed by atoms with Gasteiger partial charge in [-0.3, -0.25) is 9.59 Å². The van der Waals surface area contributed by atoms with Crippen LogP contribution in [-0.2, 0) is 14.3 Å². The number of primary amides is 1. The predicted molar refractivity (Wildman–Crippen MR) is 99.1 cm³/mol. The summed E-state index contributed by atoms with van der Waals surface area (Å²) < 4.78 is 5.90. The molecule has 138 valence electrons. The molecule has 4 N–H and O–H groups in total. The van der Waals surface area contributed by atoms with Gasteiger partial charge in [-0.15, -0.1) is 0 Å². The molecule has 0 unspecified atom stereocenters. The average Bonchev–Trinajstić information content (AvgIpc) is 2.52. The van der Waals surface area contributed by atoms with Gasteiger partial charge < -0.3 is 21.1 Å². The summed E-state index contributed by atoms with van der Waals surface area (Å²) in [6.07, 6.45) is 1.46. The van der Waals surface area contributed by atoms with E-state index < -0.39 is 18.1 Å². The van der Waals surface area contributed by atoms with Gasteiger partial charge in [0.15, 0.2) is 6.10 Å². The Hall–Kier alpha value is -2.09. The van der Waals surface area contributed by atoms with Crippen molar-refractivity contribution in [3.05, 3.63) is 28.2 Å². The number of ether oxygens (including phenoxy) is 1. The number of aryl methyl sites for hydroxylation is 1. The van der Waals surface area contributed by atoms with Gasteiger partial charge in [0.1, 0.15) is 0 Å². The maximum absolute atomic E-state index is 12.1. The summed E-state index contributed by atoms with van der Waals surface area (Å²) in [6.45, 7) is 3.96. The number of hydrogen-bond donors (Lipinski definition) is 3. The fourth-order valence-corrected chi connectivity index (χ4v) is 2.64. The molecule has 0 saturated heterocycles. The molecule has 0 heterocycles. The largest absolute Gasteiger partial charge is 0.453 e. The van der Waals surface area contributed by atoms with Crippen LogP contribution in [0.25, 0.3) is 0 Å². The van der Waals surface area contributed by atoms with E-state index >= 15 is 0 Å². The molecule has 7 nitrogen and oxygen atoms in total. The van der Waals surface area contributed by atoms with E-state index in [1.165, 1.54) is 6.92 Å². The van der Waals surface area contributed by atoms with Crippen LogP contribution in [0.3, 0.4) is 0 Å². The molecular weight excluding hydrogens is 390 g/mol. The van der Waals surface area contributed by atoms with E-state index in [-0.39, 0.29) is 12.3 Å². The Labute approximate surface area is 155 Å². The van der Waals surface area contributed by atoms with E-state index in [9.17, 15) is 14.4 Å². The molecule has 0 spiro atoms. The first kappa shape index (κ1) is 21.0. The number of hydrogen-bond acceptors (Lipinski definition) is 4. The first-order chi connectivity index (χ1) is 11.8. The Morgan fingerprint density at radius 3 is 2.60 bits per heavy atom. The minimum atomic E-state index is -0.878. The van der Waals surface area contributed by atoms with Gasteiger partial charge >= 0.3 is 12.0 Å². The van der Waals surface area contributed by atoms with Crippen molar-refractivity contribution in [2.45, 2.75) is 45.6 Å². The van der Waals surface area contributed by atoms with Gasteiger partial charge in [0.2, 0.25) is 0 Å². The van der Waals surface area contributed by atoms with Crippen LogP contribution in [0.15, 0.2) is 22.7 Å². The van der Waals surface area contributed by atoms with Crippen LogP contribution < -0.4 is 16.4 Å². The number of urea groups is 1. The van der Waals surface area contributed by atoms with Gasteiger partial charge in [0, 0.05) is 17.4 Å². The number of rotatable bonds is 9. The van der Waals surface area contributed by atoms with E-state index in [1.54, 1.807) is 6.07 Å². The Morgan fingerprint density at radius 2 is 1.96 bits per heavy atom. The SMILES string of the molecule is Cc1ccc(NC(=O)[C@H](C)OC(=O)CCCCCNC(N)=O)c(Br)c1. The molecule has 1 aromatic rings. The van der Waals surface area contributed by atoms with Crippen LogP contribution in [0, 0.1) is 6.92 Å². The summed E-state index contributed by atoms with van der Waals surface area (Å²) in [4.78, 5) is 34.4. The number of anilines is 1. The number of nitrogens with two attached hydrogens (primary N) is 1. The summed E-state index contributed by atoms with van der Waals surface area (Å²) in [7, 11) is 0. The Bertz CT molecular complexity index is 622. The van der Waals surface area contributed by atoms with Crippen LogP contribution in [0.5, 0.6) is 0 Å². The van der Waals surface area contributed by atoms with Crippen molar-refractivity contribution in [2.75, 3.05) is 11.9 Å². The normalized spacial score (nSPS) is 11.5. The standard InChI is InChI=1S/C17H24BrN3O4/c1-11-7-8-14(13(18)10-11)21-16(23)12(2)25-15(22)6-4-3-5-9-20-17(19)24/h7-8,10,12H,3-6,9H2,1-2H3,(H,21,23)(H3,19,20,24)/t12-/m0/s1. The first-order valence-corrected chi connectivity index (χ1v) is 8.88. The first-order valence-electron chi connectivity index (χ1n) is 8.09. The van der Waals surface area contributed by atoms with Gasteiger partial charge in [0.25, 0.3) is 5.91 Å². The quantitative estimate of drug-likeness (QED) is 0.426. The van der Waals surface area contributed by atoms with E-state index in [0.29, 0.717) is 18.7 Å². The Balaban J connectivity index is 2.29. The van der Waals surface area contributed by atoms with Gasteiger partial charge in [-0.25, -0.2) is 4.79 Å². The third-order valence-electron chi connectivity index (χ3n) is 3.42. The maximum atomic E-state index is 12.1. The number of amides is 3. The molecule has 0 fully saturated rings. The van der Waals surface area contributed by atoms with E-state index in [1.807, 2.05) is 19.1 Å². The van der Waals surface area contributed by atoms with E-state index in [0.717, 1.165) is 22.9 Å². The molecule has 1 atom stereocenters. The number of carbonyl (C=O) groups excluding carboxylic acids is 3. The smallest absolute Gasteiger partial charge is 0.312 e. The zero-order chi connectivity index (χ0) is 18.8. The second-order valence-electron chi connectivity index (χ2n) is 5.71. The summed E-state index contributed by atoms with van der Waals surface area (Å²) in [5.74, 6) is -0.808. The van der Waals surface area contributed by atoms with Crippen LogP contribution in [0.4, 0.5) is 10.5 Å². The van der Waals surface area contributed by atoms with Gasteiger partial charge in [-0.1, -0.05) is 12.5 Å². The molecule has 0 bridgehead atoms. The third kappa shape index (κ3) is 8.53. The van der Waals surface area contributed by atoms with E-state index in [4.69, 9.17) is 10.5 Å². The number of halogens is 1. The van der Waals surface area contributed by atoms with Crippen molar-refractivity contribution >= 4 is 39.5 Å². The summed E-state index contributed by atoms with van der Waals surface area (Å²) >= 11 is 3.38. The lowest BCUT2D eigenvalue weighted by Crippen LogP contribution is -2.30. The molecule has 0 aliphatic rings. The van der Waals surface area contributed by atoms with Crippen LogP contribution in [0.2, 0.25) is 0 Å². The number of esters is 1. The molecule has 0 radical (unpaired) electrons. The van der Waals surface area contributed by atoms with Gasteiger partial charge in [-0.05, 0) is 60.3 Å². The van der Waals surface area contributed by atoms with Gasteiger partial charge in [0.05, 0.1) is 5.69 Å². The molecule has 0 saturated carbocycles. The maximum Gasteiger partial charge on any atom is 0.312 e. The minimum Gasteiger partial charge on any atom is -0.453 e. The highest BCUT2D eigenvalue weighted by Crippen LogP contribution is 2.23. The fourth-order valence-electron chi connectivity index (χ4n) is 2.05. The lowest BCUT2D eigenvalue weighted by molar-refractivity contribution is -0.153. The lowest BCUT2D eigenvalue weighted by atomic mass is 10.2. The number of nitrogens with one attached hydrogen (secondary N) is 2. The summed E-state index contributed by atoms with van der Waals surface area (Å²) in [5, 5.41) is 5.20. The third-order valence-corrected chi connectivity index (χ3v) is 4.07. The molecule has 0 aliphatic carbocycles. The molecule has 0 aromatic heterocycles. The van der Waals surface area contributed by atoms with Crippen molar-refractivity contribution in [2.24, 2.45) is 5.73 Å². The number of carbonyl (C=O) groups is 3. The molecule has 1 aromatic carbocycles. The van der Waals surface area contributed by atoms with Crippen molar-refractivity contribution in [1.29, 1.82) is 0 Å². The summed E-state index contributed by atoms with van der Waals surface area (Å²) in [5.41, 5.74) is 6.64. The van der Waals surface area contributed by atoms with E-state index in [2.05, 4.69) is 26.6 Å². The number of benzene rings is 1. The predicted octanol–water partition coefficient (Wildman–Crippen LogP) is 2.86. The number of unbranched alkanes of at least 4 members (excludes halogenated alkanes) is 2. The molecule has 25 heavy (non-hydrogen) atoms. The second-order valence-corrected chi connectivity index (χ2v) is 6.56. The lowest BCUT2D eigenvalue weighted by Gasteiger charge is -2.14. The molecule has 8 heteroatoms. The average molecular weight is 414 g/mol. The monoisotopic (exact) mass is 413 g/mol. The van der Waals surface area contributed by atoms with Crippen molar-refractivity contribution in [3.63, 3.8) is 0 Å². The highest BCUT2D eigenvalue weighted by Gasteiger charge is 2.18. The molecular formula is C17H24BrN3O4. The Morgan fingerprint density at radius 1 is 1.24 bits per heavy atom. The molecule has 0 aliphatic heterocycles. The van der Waals surface area contributed by atoms with Crippen molar-refractivity contribution in [3.8, 4) is 0 Å².